The fourth-order valence-electron chi connectivity index (χ4n) is 3.97. The Morgan fingerprint density at radius 1 is 1.23 bits per heavy atom. The Morgan fingerprint density at radius 3 is 2.43 bits per heavy atom. The van der Waals surface area contributed by atoms with Crippen LogP contribution in [0.3, 0.4) is 0 Å². The Morgan fingerprint density at radius 2 is 1.89 bits per heavy atom. The Labute approximate surface area is 208 Å². The largest absolute Gasteiger partial charge is 0.508 e. The Hall–Kier alpha value is -2.36. The number of nitrogens with one attached hydrogen (secondary N) is 1. The van der Waals surface area contributed by atoms with Crippen LogP contribution in [-0.2, 0) is 25.4 Å². The summed E-state index contributed by atoms with van der Waals surface area (Å²) in [4.78, 5) is 26.7. The number of morpholine rings is 1. The Balaban J connectivity index is 2.33. The van der Waals surface area contributed by atoms with Gasteiger partial charge < -0.3 is 29.7 Å². The number of aliphatic hydroxyl groups is 1. The highest BCUT2D eigenvalue weighted by Crippen LogP contribution is 2.28. The van der Waals surface area contributed by atoms with Gasteiger partial charge in [-0.25, -0.2) is 4.79 Å². The van der Waals surface area contributed by atoms with Crippen LogP contribution in [0.1, 0.15) is 61.0 Å². The molecule has 1 fully saturated rings. The maximum Gasteiger partial charge on any atom is 0.411 e. The number of phenols is 1. The number of aliphatic hydroxyl groups excluding tert-OH is 1. The van der Waals surface area contributed by atoms with E-state index < -0.39 is 42.2 Å². The van der Waals surface area contributed by atoms with Gasteiger partial charge in [-0.3, -0.25) is 9.69 Å². The van der Waals surface area contributed by atoms with E-state index in [1.807, 2.05) is 20.8 Å². The van der Waals surface area contributed by atoms with E-state index in [-0.39, 0.29) is 30.1 Å². The highest BCUT2D eigenvalue weighted by molar-refractivity contribution is 5.73. The smallest absolute Gasteiger partial charge is 0.411 e. The number of hydrogen-bond donors (Lipinski definition) is 3. The number of aromatic hydroxyl groups is 1. The lowest BCUT2D eigenvalue weighted by molar-refractivity contribution is -0.233. The molecule has 0 aliphatic carbocycles. The molecule has 1 aliphatic heterocycles. The zero-order chi connectivity index (χ0) is 26.6. The first-order valence-electron chi connectivity index (χ1n) is 12.0. The fraction of sp³-hybridized carbons (Fsp3) is 0.692. The summed E-state index contributed by atoms with van der Waals surface area (Å²) in [5.74, 6) is -0.239. The molecule has 0 aromatic heterocycles. The molecule has 9 heteroatoms. The first-order chi connectivity index (χ1) is 16.1. The van der Waals surface area contributed by atoms with Gasteiger partial charge in [0.05, 0.1) is 37.4 Å². The van der Waals surface area contributed by atoms with Crippen LogP contribution < -0.4 is 5.32 Å². The molecule has 35 heavy (non-hydrogen) atoms. The Bertz CT molecular complexity index is 862. The zero-order valence-corrected chi connectivity index (χ0v) is 22.2. The topological polar surface area (TPSA) is 118 Å². The van der Waals surface area contributed by atoms with Crippen molar-refractivity contribution in [3.05, 3.63) is 29.8 Å². The molecule has 198 valence electrons. The number of rotatable bonds is 7. The van der Waals surface area contributed by atoms with Crippen LogP contribution in [0, 0.1) is 5.41 Å². The molecule has 0 saturated carbocycles. The minimum atomic E-state index is -1.18. The summed E-state index contributed by atoms with van der Waals surface area (Å²) < 4.78 is 17.6. The maximum absolute atomic E-state index is 13.3. The van der Waals surface area contributed by atoms with Crippen molar-refractivity contribution in [2.24, 2.45) is 5.41 Å². The molecule has 2 rings (SSSR count). The van der Waals surface area contributed by atoms with Gasteiger partial charge in [0, 0.05) is 6.92 Å². The molecule has 1 aromatic carbocycles. The summed E-state index contributed by atoms with van der Waals surface area (Å²) in [6, 6.07) is 4.51. The number of hydrogen-bond acceptors (Lipinski definition) is 7. The third-order valence-electron chi connectivity index (χ3n) is 5.47. The van der Waals surface area contributed by atoms with Crippen molar-refractivity contribution in [2.75, 3.05) is 13.2 Å². The summed E-state index contributed by atoms with van der Waals surface area (Å²) in [5.41, 5.74) is -0.124. The van der Waals surface area contributed by atoms with E-state index >= 15 is 0 Å². The van der Waals surface area contributed by atoms with E-state index in [4.69, 9.17) is 14.2 Å². The fourth-order valence-corrected chi connectivity index (χ4v) is 3.97. The molecular weight excluding hydrogens is 452 g/mol. The lowest BCUT2D eigenvalue weighted by Crippen LogP contribution is -2.66. The molecule has 0 bridgehead atoms. The molecule has 0 radical (unpaired) electrons. The predicted octanol–water partition coefficient (Wildman–Crippen LogP) is 3.21. The second-order valence-corrected chi connectivity index (χ2v) is 11.4. The van der Waals surface area contributed by atoms with Gasteiger partial charge in [-0.1, -0.05) is 32.9 Å². The summed E-state index contributed by atoms with van der Waals surface area (Å²) in [7, 11) is 0. The summed E-state index contributed by atoms with van der Waals surface area (Å²) in [6.07, 6.45) is -2.23. The van der Waals surface area contributed by atoms with Crippen LogP contribution >= 0.6 is 0 Å². The predicted molar refractivity (Wildman–Crippen MR) is 132 cm³/mol. The molecule has 5 atom stereocenters. The van der Waals surface area contributed by atoms with E-state index in [1.54, 1.807) is 52.0 Å². The van der Waals surface area contributed by atoms with E-state index in [2.05, 4.69) is 5.32 Å². The molecule has 9 nitrogen and oxygen atoms in total. The van der Waals surface area contributed by atoms with Gasteiger partial charge >= 0.3 is 6.09 Å². The standard InChI is InChI=1S/C26H42N2O7/c1-16-23(34-15-25(3,4)5)33-14-21(28(16)24(32)35-26(6,7)8)22(31)20(27-17(2)29)13-18-10-9-11-19(30)12-18/h9-12,16,20-23,30-31H,13-15H2,1-8H3,(H,27,29). The molecular formula is C26H42N2O7. The molecule has 1 aromatic rings. The van der Waals surface area contributed by atoms with Crippen molar-refractivity contribution in [3.63, 3.8) is 0 Å². The Kier molecular flexibility index (Phi) is 9.56. The number of carbonyl (C=O) groups is 2. The highest BCUT2D eigenvalue weighted by atomic mass is 16.7. The van der Waals surface area contributed by atoms with Gasteiger partial charge in [0.2, 0.25) is 5.91 Å². The van der Waals surface area contributed by atoms with Crippen molar-refractivity contribution >= 4 is 12.0 Å². The van der Waals surface area contributed by atoms with Gasteiger partial charge in [0.25, 0.3) is 0 Å². The SMILES string of the molecule is CC(=O)NC(Cc1cccc(O)c1)C(O)C1COC(OCC(C)(C)C)C(C)N1C(=O)OC(C)(C)C. The van der Waals surface area contributed by atoms with Gasteiger partial charge in [-0.2, -0.15) is 0 Å². The van der Waals surface area contributed by atoms with Crippen molar-refractivity contribution in [3.8, 4) is 5.75 Å². The first kappa shape index (κ1) is 28.9. The van der Waals surface area contributed by atoms with Gasteiger partial charge in [0.15, 0.2) is 6.29 Å². The van der Waals surface area contributed by atoms with Crippen LogP contribution in [0.15, 0.2) is 24.3 Å². The number of ether oxygens (including phenoxy) is 3. The minimum absolute atomic E-state index is 0.00428. The molecule has 1 heterocycles. The number of benzene rings is 1. The molecule has 3 N–H and O–H groups in total. The number of phenolic OH excluding ortho intramolecular Hbond substituents is 1. The first-order valence-corrected chi connectivity index (χ1v) is 12.0. The van der Waals surface area contributed by atoms with Crippen LogP contribution in [0.25, 0.3) is 0 Å². The second-order valence-electron chi connectivity index (χ2n) is 11.4. The van der Waals surface area contributed by atoms with Crippen LogP contribution in [0.2, 0.25) is 0 Å². The lowest BCUT2D eigenvalue weighted by Gasteiger charge is -2.47. The average Bonchev–Trinajstić information content (AvgIpc) is 2.69. The number of amides is 2. The summed E-state index contributed by atoms with van der Waals surface area (Å²) in [6.45, 7) is 15.0. The zero-order valence-electron chi connectivity index (χ0n) is 22.2. The molecule has 1 saturated heterocycles. The maximum atomic E-state index is 13.3. The normalized spacial score (nSPS) is 22.9. The molecule has 2 amide bonds. The van der Waals surface area contributed by atoms with Gasteiger partial charge in [0.1, 0.15) is 11.4 Å². The number of carbonyl (C=O) groups excluding carboxylic acids is 2. The van der Waals surface area contributed by atoms with E-state index in [0.29, 0.717) is 6.61 Å². The number of nitrogens with zero attached hydrogens (tertiary/aromatic N) is 1. The average molecular weight is 495 g/mol. The molecule has 1 aliphatic rings. The quantitative estimate of drug-likeness (QED) is 0.533. The van der Waals surface area contributed by atoms with Crippen LogP contribution in [0.5, 0.6) is 5.75 Å². The van der Waals surface area contributed by atoms with Crippen molar-refractivity contribution in [1.82, 2.24) is 10.2 Å². The third kappa shape index (κ3) is 8.98. The lowest BCUT2D eigenvalue weighted by atomic mass is 9.94. The summed E-state index contributed by atoms with van der Waals surface area (Å²) >= 11 is 0. The van der Waals surface area contributed by atoms with E-state index in [9.17, 15) is 19.8 Å². The van der Waals surface area contributed by atoms with E-state index in [1.165, 1.54) is 11.8 Å². The minimum Gasteiger partial charge on any atom is -0.508 e. The van der Waals surface area contributed by atoms with Crippen LogP contribution in [-0.4, -0.2) is 76.4 Å². The highest BCUT2D eigenvalue weighted by Gasteiger charge is 2.46. The monoisotopic (exact) mass is 494 g/mol. The van der Waals surface area contributed by atoms with Gasteiger partial charge in [-0.15, -0.1) is 0 Å². The molecule has 0 spiro atoms. The summed E-state index contributed by atoms with van der Waals surface area (Å²) in [5, 5.41) is 24.1. The van der Waals surface area contributed by atoms with Crippen molar-refractivity contribution in [1.29, 1.82) is 0 Å². The van der Waals surface area contributed by atoms with Crippen molar-refractivity contribution < 1.29 is 34.0 Å². The van der Waals surface area contributed by atoms with E-state index in [0.717, 1.165) is 5.56 Å². The second kappa shape index (κ2) is 11.6. The molecule has 5 unspecified atom stereocenters. The third-order valence-corrected chi connectivity index (χ3v) is 5.47. The van der Waals surface area contributed by atoms with Crippen LogP contribution in [0.4, 0.5) is 4.79 Å². The van der Waals surface area contributed by atoms with Crippen molar-refractivity contribution in [2.45, 2.75) is 97.9 Å². The van der Waals surface area contributed by atoms with Gasteiger partial charge in [-0.05, 0) is 57.2 Å².